The molecule has 0 atom stereocenters. The monoisotopic (exact) mass is 785 g/mol. The van der Waals surface area contributed by atoms with Crippen molar-refractivity contribution in [1.29, 1.82) is 0 Å². The van der Waals surface area contributed by atoms with E-state index in [2.05, 4.69) is 72.3 Å². The van der Waals surface area contributed by atoms with Gasteiger partial charge in [0, 0.05) is 56.3 Å². The van der Waals surface area contributed by atoms with E-state index in [1.165, 1.54) is 16.7 Å². The van der Waals surface area contributed by atoms with Gasteiger partial charge in [0.25, 0.3) is 0 Å². The van der Waals surface area contributed by atoms with Gasteiger partial charge in [0.2, 0.25) is 11.8 Å². The SMILES string of the molecule is Cc1cc(C=CC(=O)N2CCN(Cc3ccc(CCOc4ccc(C(C)C)cc4)cc3)CC2)cc(Cl)c1Oc1ccc(OCc2ccc(Cl)cc2)cn1.Cl. The molecule has 0 aliphatic carbocycles. The van der Waals surface area contributed by atoms with E-state index in [4.69, 9.17) is 37.4 Å². The Morgan fingerprint density at radius 1 is 0.815 bits per heavy atom. The average Bonchev–Trinajstić information content (AvgIpc) is 3.17. The zero-order chi connectivity index (χ0) is 37.2. The summed E-state index contributed by atoms with van der Waals surface area (Å²) in [5, 5.41) is 1.12. The first kappa shape index (κ1) is 40.7. The number of hydrogen-bond acceptors (Lipinski definition) is 6. The first-order valence-electron chi connectivity index (χ1n) is 18.0. The largest absolute Gasteiger partial charge is 0.493 e. The molecular formula is C44H46Cl3N3O4. The number of rotatable bonds is 14. The van der Waals surface area contributed by atoms with Gasteiger partial charge in [-0.15, -0.1) is 12.4 Å². The van der Waals surface area contributed by atoms with E-state index in [1.54, 1.807) is 36.5 Å². The highest BCUT2D eigenvalue weighted by atomic mass is 35.5. The van der Waals surface area contributed by atoms with E-state index in [-0.39, 0.29) is 18.3 Å². The fourth-order valence-corrected chi connectivity index (χ4v) is 6.49. The first-order chi connectivity index (χ1) is 25.7. The maximum absolute atomic E-state index is 13.1. The van der Waals surface area contributed by atoms with Crippen LogP contribution in [0.15, 0.2) is 109 Å². The number of halogens is 3. The lowest BCUT2D eigenvalue weighted by Gasteiger charge is -2.34. The van der Waals surface area contributed by atoms with Crippen LogP contribution in [-0.4, -0.2) is 53.5 Å². The third-order valence-electron chi connectivity index (χ3n) is 9.22. The van der Waals surface area contributed by atoms with E-state index >= 15 is 0 Å². The fraction of sp³-hybridized carbons (Fsp3) is 0.273. The van der Waals surface area contributed by atoms with Gasteiger partial charge in [0.15, 0.2) is 5.75 Å². The number of amides is 1. The van der Waals surface area contributed by atoms with E-state index in [0.717, 1.165) is 48.5 Å². The molecule has 2 heterocycles. The van der Waals surface area contributed by atoms with Crippen LogP contribution in [0.3, 0.4) is 0 Å². The van der Waals surface area contributed by atoms with Gasteiger partial charge < -0.3 is 19.1 Å². The molecule has 10 heteroatoms. The molecule has 7 nitrogen and oxygen atoms in total. The molecule has 54 heavy (non-hydrogen) atoms. The van der Waals surface area contributed by atoms with Crippen LogP contribution in [0.4, 0.5) is 0 Å². The highest BCUT2D eigenvalue weighted by Crippen LogP contribution is 2.34. The Balaban J connectivity index is 0.00000561. The summed E-state index contributed by atoms with van der Waals surface area (Å²) in [7, 11) is 0. The number of hydrogen-bond donors (Lipinski definition) is 0. The summed E-state index contributed by atoms with van der Waals surface area (Å²) in [5.41, 5.74) is 6.50. The van der Waals surface area contributed by atoms with E-state index in [0.29, 0.717) is 59.6 Å². The van der Waals surface area contributed by atoms with Gasteiger partial charge in [-0.3, -0.25) is 9.69 Å². The molecule has 0 radical (unpaired) electrons. The van der Waals surface area contributed by atoms with Crippen LogP contribution in [0.2, 0.25) is 10.0 Å². The maximum atomic E-state index is 13.1. The molecule has 1 fully saturated rings. The Labute approximate surface area is 334 Å². The lowest BCUT2D eigenvalue weighted by atomic mass is 10.0. The molecule has 0 spiro atoms. The molecule has 4 aromatic carbocycles. The van der Waals surface area contributed by atoms with Gasteiger partial charge in [0.05, 0.1) is 17.8 Å². The average molecular weight is 787 g/mol. The quantitative estimate of drug-likeness (QED) is 0.104. The second kappa shape index (κ2) is 19.7. The number of carbonyl (C=O) groups excluding carboxylic acids is 1. The van der Waals surface area contributed by atoms with Crippen molar-refractivity contribution in [2.45, 2.75) is 46.3 Å². The normalized spacial score (nSPS) is 13.2. The molecule has 5 aromatic rings. The number of aryl methyl sites for hydroxylation is 1. The standard InChI is InChI=1S/C44H45Cl2N3O4.ClH/c1-31(2)37-11-15-39(16-12-37)51-25-20-33-4-6-34(7-5-33)29-48-21-23-49(24-22-48)43(50)19-10-36-26-32(3)44(41(46)27-36)53-42-18-17-40(28-47-42)52-30-35-8-13-38(45)14-9-35;/h4-19,26-28,31H,20-25,29-30H2,1-3H3;1H. The summed E-state index contributed by atoms with van der Waals surface area (Å²) >= 11 is 12.6. The summed E-state index contributed by atoms with van der Waals surface area (Å²) < 4.78 is 17.8. The molecule has 1 saturated heterocycles. The molecule has 6 rings (SSSR count). The summed E-state index contributed by atoms with van der Waals surface area (Å²) in [5.74, 6) is 2.95. The number of piperazine rings is 1. The minimum atomic E-state index is -0.0104. The Kier molecular flexibility index (Phi) is 14.8. The zero-order valence-corrected chi connectivity index (χ0v) is 33.2. The van der Waals surface area contributed by atoms with Crippen molar-refractivity contribution in [2.75, 3.05) is 32.8 Å². The van der Waals surface area contributed by atoms with E-state index in [1.807, 2.05) is 42.2 Å². The number of carbonyl (C=O) groups is 1. The van der Waals surface area contributed by atoms with Crippen molar-refractivity contribution in [3.8, 4) is 23.1 Å². The van der Waals surface area contributed by atoms with Crippen LogP contribution in [-0.2, 0) is 24.4 Å². The van der Waals surface area contributed by atoms with Gasteiger partial charge in [0.1, 0.15) is 18.1 Å². The van der Waals surface area contributed by atoms with Crippen molar-refractivity contribution >= 4 is 47.6 Å². The molecule has 1 amide bonds. The van der Waals surface area contributed by atoms with Crippen molar-refractivity contribution in [1.82, 2.24) is 14.8 Å². The highest BCUT2D eigenvalue weighted by Gasteiger charge is 2.20. The molecule has 1 aliphatic rings. The predicted molar refractivity (Wildman–Crippen MR) is 221 cm³/mol. The fourth-order valence-electron chi connectivity index (χ4n) is 6.05. The van der Waals surface area contributed by atoms with Crippen LogP contribution in [0.1, 0.15) is 53.1 Å². The smallest absolute Gasteiger partial charge is 0.246 e. The third kappa shape index (κ3) is 11.7. The van der Waals surface area contributed by atoms with Crippen LogP contribution in [0, 0.1) is 6.92 Å². The second-order valence-corrected chi connectivity index (χ2v) is 14.4. The van der Waals surface area contributed by atoms with Crippen molar-refractivity contribution in [3.63, 3.8) is 0 Å². The number of aromatic nitrogens is 1. The third-order valence-corrected chi connectivity index (χ3v) is 9.76. The lowest BCUT2D eigenvalue weighted by molar-refractivity contribution is -0.127. The van der Waals surface area contributed by atoms with Gasteiger partial charge in [-0.1, -0.05) is 85.6 Å². The topological polar surface area (TPSA) is 64.1 Å². The number of pyridine rings is 1. The van der Waals surface area contributed by atoms with Gasteiger partial charge in [-0.2, -0.15) is 0 Å². The minimum Gasteiger partial charge on any atom is -0.493 e. The van der Waals surface area contributed by atoms with Crippen LogP contribution < -0.4 is 14.2 Å². The Bertz CT molecular complexity index is 1950. The lowest BCUT2D eigenvalue weighted by Crippen LogP contribution is -2.47. The number of benzene rings is 4. The van der Waals surface area contributed by atoms with E-state index < -0.39 is 0 Å². The van der Waals surface area contributed by atoms with Gasteiger partial charge in [-0.05, 0) is 94.8 Å². The second-order valence-electron chi connectivity index (χ2n) is 13.6. The summed E-state index contributed by atoms with van der Waals surface area (Å²) in [4.78, 5) is 21.7. The molecule has 0 unspecified atom stereocenters. The van der Waals surface area contributed by atoms with Crippen LogP contribution in [0.5, 0.6) is 23.1 Å². The molecule has 0 saturated carbocycles. The van der Waals surface area contributed by atoms with Gasteiger partial charge in [-0.25, -0.2) is 4.98 Å². The molecule has 0 N–H and O–H groups in total. The van der Waals surface area contributed by atoms with Gasteiger partial charge >= 0.3 is 0 Å². The number of nitrogens with zero attached hydrogens (tertiary/aromatic N) is 3. The molecule has 282 valence electrons. The highest BCUT2D eigenvalue weighted by molar-refractivity contribution is 6.32. The summed E-state index contributed by atoms with van der Waals surface area (Å²) in [6, 6.07) is 31.9. The Morgan fingerprint density at radius 3 is 2.13 bits per heavy atom. The van der Waals surface area contributed by atoms with Crippen molar-refractivity contribution in [2.24, 2.45) is 0 Å². The molecular weight excluding hydrogens is 741 g/mol. The number of ether oxygens (including phenoxy) is 3. The summed E-state index contributed by atoms with van der Waals surface area (Å²) in [6.07, 6.45) is 5.90. The predicted octanol–water partition coefficient (Wildman–Crippen LogP) is 10.6. The maximum Gasteiger partial charge on any atom is 0.246 e. The summed E-state index contributed by atoms with van der Waals surface area (Å²) in [6.45, 7) is 11.2. The minimum absolute atomic E-state index is 0. The van der Waals surface area contributed by atoms with Crippen molar-refractivity contribution < 1.29 is 19.0 Å². The Hall–Kier alpha value is -4.53. The van der Waals surface area contributed by atoms with Crippen LogP contribution in [0.25, 0.3) is 6.08 Å². The first-order valence-corrected chi connectivity index (χ1v) is 18.8. The van der Waals surface area contributed by atoms with Crippen molar-refractivity contribution in [3.05, 3.63) is 153 Å². The van der Waals surface area contributed by atoms with E-state index in [9.17, 15) is 4.79 Å². The Morgan fingerprint density at radius 2 is 1.48 bits per heavy atom. The van der Waals surface area contributed by atoms with Crippen LogP contribution >= 0.6 is 35.6 Å². The molecule has 1 aromatic heterocycles. The zero-order valence-electron chi connectivity index (χ0n) is 30.8. The molecule has 0 bridgehead atoms. The molecule has 1 aliphatic heterocycles.